The van der Waals surface area contributed by atoms with Crippen LogP contribution < -0.4 is 0 Å². The fourth-order valence-corrected chi connectivity index (χ4v) is 5.46. The molecule has 0 aromatic rings. The standard InChI is InChI=1S/C21H34/c1-2-3-4-5-6-7-11-17-13-10-15-20-19-14-9-8-12-18(19)16-21(17)20/h8-9,12,14,17-21H,2-7,10-11,13,15-16H2,1H3. The maximum absolute atomic E-state index is 2.53. The maximum atomic E-state index is 2.53. The van der Waals surface area contributed by atoms with Gasteiger partial charge in [0.1, 0.15) is 0 Å². The summed E-state index contributed by atoms with van der Waals surface area (Å²) < 4.78 is 0. The van der Waals surface area contributed by atoms with E-state index in [2.05, 4.69) is 31.2 Å². The molecule has 0 N–H and O–H groups in total. The van der Waals surface area contributed by atoms with Gasteiger partial charge >= 0.3 is 0 Å². The average molecular weight is 287 g/mol. The van der Waals surface area contributed by atoms with Crippen LogP contribution in [0.2, 0.25) is 0 Å². The SMILES string of the molecule is CCCCCCCCC1CCCC2C3C=CC=CC3CC12. The van der Waals surface area contributed by atoms with E-state index in [9.17, 15) is 0 Å². The van der Waals surface area contributed by atoms with Gasteiger partial charge in [-0.3, -0.25) is 0 Å². The van der Waals surface area contributed by atoms with Crippen LogP contribution in [-0.2, 0) is 0 Å². The molecule has 0 radical (unpaired) electrons. The number of hydrogen-bond acceptors (Lipinski definition) is 0. The summed E-state index contributed by atoms with van der Waals surface area (Å²) in [6.07, 6.45) is 25.9. The zero-order valence-electron chi connectivity index (χ0n) is 14.0. The molecule has 3 aliphatic rings. The van der Waals surface area contributed by atoms with Crippen LogP contribution in [-0.4, -0.2) is 0 Å². The van der Waals surface area contributed by atoms with Crippen molar-refractivity contribution in [1.29, 1.82) is 0 Å². The lowest BCUT2D eigenvalue weighted by atomic mass is 9.70. The highest BCUT2D eigenvalue weighted by atomic mass is 14.5. The van der Waals surface area contributed by atoms with Gasteiger partial charge < -0.3 is 0 Å². The quantitative estimate of drug-likeness (QED) is 0.467. The van der Waals surface area contributed by atoms with Gasteiger partial charge in [0, 0.05) is 0 Å². The first-order valence-electron chi connectivity index (χ1n) is 9.75. The highest BCUT2D eigenvalue weighted by molar-refractivity contribution is 5.19. The van der Waals surface area contributed by atoms with Crippen molar-refractivity contribution in [3.63, 3.8) is 0 Å². The Hall–Kier alpha value is -0.520. The second kappa shape index (κ2) is 7.65. The third kappa shape index (κ3) is 3.63. The molecular weight excluding hydrogens is 252 g/mol. The van der Waals surface area contributed by atoms with Gasteiger partial charge in [-0.25, -0.2) is 0 Å². The van der Waals surface area contributed by atoms with Gasteiger partial charge in [0.2, 0.25) is 0 Å². The van der Waals surface area contributed by atoms with Gasteiger partial charge in [0.25, 0.3) is 0 Å². The molecule has 0 aromatic heterocycles. The molecule has 118 valence electrons. The number of hydrogen-bond donors (Lipinski definition) is 0. The highest BCUT2D eigenvalue weighted by Gasteiger charge is 2.45. The van der Waals surface area contributed by atoms with Crippen LogP contribution >= 0.6 is 0 Å². The first-order chi connectivity index (χ1) is 10.4. The van der Waals surface area contributed by atoms with E-state index in [-0.39, 0.29) is 0 Å². The minimum atomic E-state index is 0.884. The molecule has 0 spiro atoms. The molecule has 5 atom stereocenters. The second-order valence-corrected chi connectivity index (χ2v) is 7.82. The topological polar surface area (TPSA) is 0 Å². The molecule has 0 saturated heterocycles. The lowest BCUT2D eigenvalue weighted by molar-refractivity contribution is 0.154. The third-order valence-corrected chi connectivity index (χ3v) is 6.53. The molecule has 0 heteroatoms. The summed E-state index contributed by atoms with van der Waals surface area (Å²) in [5, 5.41) is 0. The lowest BCUT2D eigenvalue weighted by Gasteiger charge is -2.36. The molecule has 0 amide bonds. The summed E-state index contributed by atoms with van der Waals surface area (Å²) in [6.45, 7) is 2.31. The minimum Gasteiger partial charge on any atom is -0.0808 e. The lowest BCUT2D eigenvalue weighted by Crippen LogP contribution is -2.27. The van der Waals surface area contributed by atoms with E-state index in [0.29, 0.717) is 0 Å². The Morgan fingerprint density at radius 2 is 1.67 bits per heavy atom. The molecule has 21 heavy (non-hydrogen) atoms. The van der Waals surface area contributed by atoms with Crippen molar-refractivity contribution in [2.45, 2.75) is 77.6 Å². The summed E-state index contributed by atoms with van der Waals surface area (Å²) in [5.41, 5.74) is 0. The van der Waals surface area contributed by atoms with Crippen LogP contribution in [0.4, 0.5) is 0 Å². The predicted octanol–water partition coefficient (Wildman–Crippen LogP) is 6.53. The van der Waals surface area contributed by atoms with Gasteiger partial charge in [-0.05, 0) is 42.4 Å². The Bertz CT molecular complexity index is 364. The van der Waals surface area contributed by atoms with E-state index < -0.39 is 0 Å². The van der Waals surface area contributed by atoms with Crippen LogP contribution in [0.3, 0.4) is 0 Å². The zero-order valence-corrected chi connectivity index (χ0v) is 14.0. The Morgan fingerprint density at radius 1 is 0.857 bits per heavy atom. The molecule has 3 rings (SSSR count). The Balaban J connectivity index is 1.46. The van der Waals surface area contributed by atoms with Crippen molar-refractivity contribution < 1.29 is 0 Å². The smallest absolute Gasteiger partial charge is 0.0136 e. The number of rotatable bonds is 7. The highest BCUT2D eigenvalue weighted by Crippen LogP contribution is 2.54. The van der Waals surface area contributed by atoms with Gasteiger partial charge in [-0.1, -0.05) is 89.0 Å². The van der Waals surface area contributed by atoms with E-state index in [1.54, 1.807) is 0 Å². The summed E-state index contributed by atoms with van der Waals surface area (Å²) in [5.74, 6) is 4.91. The molecule has 0 bridgehead atoms. The second-order valence-electron chi connectivity index (χ2n) is 7.82. The third-order valence-electron chi connectivity index (χ3n) is 6.53. The first-order valence-corrected chi connectivity index (χ1v) is 9.75. The minimum absolute atomic E-state index is 0.884. The number of allylic oxidation sites excluding steroid dienone is 4. The normalized spacial score (nSPS) is 37.5. The summed E-state index contributed by atoms with van der Waals surface area (Å²) >= 11 is 0. The molecule has 0 nitrogen and oxygen atoms in total. The fraction of sp³-hybridized carbons (Fsp3) is 0.810. The van der Waals surface area contributed by atoms with E-state index in [0.717, 1.165) is 29.6 Å². The summed E-state index contributed by atoms with van der Waals surface area (Å²) in [4.78, 5) is 0. The van der Waals surface area contributed by atoms with Crippen LogP contribution in [0.1, 0.15) is 77.6 Å². The molecule has 5 unspecified atom stereocenters. The maximum Gasteiger partial charge on any atom is -0.0136 e. The van der Waals surface area contributed by atoms with Crippen molar-refractivity contribution in [2.24, 2.45) is 29.6 Å². The average Bonchev–Trinajstić information content (AvgIpc) is 2.90. The van der Waals surface area contributed by atoms with Crippen molar-refractivity contribution in [3.8, 4) is 0 Å². The summed E-state index contributed by atoms with van der Waals surface area (Å²) in [6, 6.07) is 0. The van der Waals surface area contributed by atoms with Crippen molar-refractivity contribution >= 4 is 0 Å². The molecular formula is C21H34. The Kier molecular flexibility index (Phi) is 5.61. The van der Waals surface area contributed by atoms with Crippen LogP contribution in [0.15, 0.2) is 24.3 Å². The van der Waals surface area contributed by atoms with Crippen LogP contribution in [0.5, 0.6) is 0 Å². The van der Waals surface area contributed by atoms with E-state index in [4.69, 9.17) is 0 Å². The van der Waals surface area contributed by atoms with Crippen molar-refractivity contribution in [2.75, 3.05) is 0 Å². The van der Waals surface area contributed by atoms with Crippen LogP contribution in [0.25, 0.3) is 0 Å². The monoisotopic (exact) mass is 286 g/mol. The molecule has 0 aromatic carbocycles. The molecule has 3 aliphatic carbocycles. The molecule has 2 fully saturated rings. The van der Waals surface area contributed by atoms with Gasteiger partial charge in [0.05, 0.1) is 0 Å². The Labute approximate surface area is 132 Å². The van der Waals surface area contributed by atoms with Crippen LogP contribution in [0, 0.1) is 29.6 Å². The first kappa shape index (κ1) is 15.4. The van der Waals surface area contributed by atoms with Gasteiger partial charge in [-0.2, -0.15) is 0 Å². The zero-order chi connectivity index (χ0) is 14.5. The summed E-state index contributed by atoms with van der Waals surface area (Å²) in [7, 11) is 0. The fourth-order valence-electron chi connectivity index (χ4n) is 5.46. The van der Waals surface area contributed by atoms with E-state index in [1.807, 2.05) is 0 Å². The molecule has 2 saturated carbocycles. The Morgan fingerprint density at radius 3 is 2.57 bits per heavy atom. The van der Waals surface area contributed by atoms with Gasteiger partial charge in [0.15, 0.2) is 0 Å². The molecule has 0 aliphatic heterocycles. The predicted molar refractivity (Wildman–Crippen MR) is 92.2 cm³/mol. The van der Waals surface area contributed by atoms with Crippen molar-refractivity contribution in [1.82, 2.24) is 0 Å². The van der Waals surface area contributed by atoms with E-state index >= 15 is 0 Å². The molecule has 0 heterocycles. The van der Waals surface area contributed by atoms with Crippen molar-refractivity contribution in [3.05, 3.63) is 24.3 Å². The van der Waals surface area contributed by atoms with E-state index in [1.165, 1.54) is 70.6 Å². The number of fused-ring (bicyclic) bond motifs is 3. The largest absolute Gasteiger partial charge is 0.0808 e. The number of unbranched alkanes of at least 4 members (excludes halogenated alkanes) is 5. The van der Waals surface area contributed by atoms with Gasteiger partial charge in [-0.15, -0.1) is 0 Å².